The number of hydrogen-bond donors (Lipinski definition) is 1. The van der Waals surface area contributed by atoms with Crippen LogP contribution in [0.5, 0.6) is 10.9 Å². The number of hydrogen-bond acceptors (Lipinski definition) is 7. The number of H-pyrrole nitrogens is 1. The van der Waals surface area contributed by atoms with Crippen LogP contribution < -0.4 is 9.47 Å². The summed E-state index contributed by atoms with van der Waals surface area (Å²) in [5, 5.41) is 9.84. The van der Waals surface area contributed by atoms with Gasteiger partial charge in [0, 0.05) is 32.0 Å². The van der Waals surface area contributed by atoms with Crippen LogP contribution in [0.1, 0.15) is 23.3 Å². The van der Waals surface area contributed by atoms with Gasteiger partial charge in [-0.3, -0.25) is 9.89 Å². The molecule has 1 N–H and O–H groups in total. The average Bonchev–Trinajstić information content (AvgIpc) is 3.53. The summed E-state index contributed by atoms with van der Waals surface area (Å²) in [4.78, 5) is 20.3. The Bertz CT molecular complexity index is 1160. The SMILES string of the molecule is COc1ccc2sc(OC3CCN(C(=O)c4cc(-c5cccs5)[nH]n4)CC3)nc2c1. The van der Waals surface area contributed by atoms with E-state index in [1.165, 1.54) is 11.3 Å². The first kappa shape index (κ1) is 19.1. The molecule has 1 aliphatic heterocycles. The third-order valence-corrected chi connectivity index (χ3v) is 6.99. The van der Waals surface area contributed by atoms with E-state index in [0.29, 0.717) is 24.0 Å². The number of nitrogens with zero attached hydrogens (tertiary/aromatic N) is 3. The standard InChI is InChI=1S/C21H20N4O3S2/c1-27-14-4-5-19-15(11-14)22-21(30-19)28-13-6-8-25(9-7-13)20(26)17-12-16(23-24-17)18-3-2-10-29-18/h2-5,10-13H,6-9H2,1H3,(H,23,24). The second-order valence-electron chi connectivity index (χ2n) is 7.07. The molecule has 0 bridgehead atoms. The van der Waals surface area contributed by atoms with E-state index in [4.69, 9.17) is 9.47 Å². The number of nitrogens with one attached hydrogen (secondary N) is 1. The number of aromatic nitrogens is 3. The minimum Gasteiger partial charge on any atom is -0.497 e. The van der Waals surface area contributed by atoms with Gasteiger partial charge < -0.3 is 14.4 Å². The van der Waals surface area contributed by atoms with Gasteiger partial charge in [0.25, 0.3) is 11.1 Å². The zero-order valence-electron chi connectivity index (χ0n) is 16.3. The number of carbonyl (C=O) groups is 1. The first-order chi connectivity index (χ1) is 14.7. The molecule has 4 aromatic rings. The van der Waals surface area contributed by atoms with Crippen LogP contribution in [0.2, 0.25) is 0 Å². The molecule has 4 heterocycles. The number of amides is 1. The van der Waals surface area contributed by atoms with Crippen molar-refractivity contribution in [2.24, 2.45) is 0 Å². The van der Waals surface area contributed by atoms with Crippen molar-refractivity contribution in [2.75, 3.05) is 20.2 Å². The first-order valence-electron chi connectivity index (χ1n) is 9.69. The summed E-state index contributed by atoms with van der Waals surface area (Å²) >= 11 is 3.15. The Morgan fingerprint density at radius 3 is 2.87 bits per heavy atom. The molecule has 0 atom stereocenters. The minimum absolute atomic E-state index is 0.0420. The summed E-state index contributed by atoms with van der Waals surface area (Å²) in [6.45, 7) is 1.28. The number of likely N-dealkylation sites (tertiary alicyclic amines) is 1. The highest BCUT2D eigenvalue weighted by molar-refractivity contribution is 7.20. The van der Waals surface area contributed by atoms with Crippen molar-refractivity contribution in [1.29, 1.82) is 0 Å². The lowest BCUT2D eigenvalue weighted by Gasteiger charge is -2.31. The number of piperidine rings is 1. The summed E-state index contributed by atoms with van der Waals surface area (Å²) in [5.74, 6) is 0.742. The Labute approximate surface area is 181 Å². The summed E-state index contributed by atoms with van der Waals surface area (Å²) in [7, 11) is 1.64. The van der Waals surface area contributed by atoms with Crippen LogP contribution in [0.25, 0.3) is 20.8 Å². The highest BCUT2D eigenvalue weighted by Crippen LogP contribution is 2.32. The molecule has 7 nitrogen and oxygen atoms in total. The number of methoxy groups -OCH3 is 1. The summed E-state index contributed by atoms with van der Waals surface area (Å²) < 4.78 is 12.4. The van der Waals surface area contributed by atoms with Gasteiger partial charge in [-0.2, -0.15) is 5.10 Å². The van der Waals surface area contributed by atoms with Gasteiger partial charge in [-0.15, -0.1) is 11.3 Å². The second kappa shape index (κ2) is 8.08. The molecule has 3 aromatic heterocycles. The minimum atomic E-state index is -0.0420. The van der Waals surface area contributed by atoms with Crippen molar-refractivity contribution in [2.45, 2.75) is 18.9 Å². The number of carbonyl (C=O) groups excluding carboxylic acids is 1. The van der Waals surface area contributed by atoms with Crippen LogP contribution in [0, 0.1) is 0 Å². The summed E-state index contributed by atoms with van der Waals surface area (Å²) in [5.41, 5.74) is 2.21. The van der Waals surface area contributed by atoms with Crippen LogP contribution in [-0.4, -0.2) is 52.3 Å². The second-order valence-corrected chi connectivity index (χ2v) is 9.01. The largest absolute Gasteiger partial charge is 0.497 e. The summed E-state index contributed by atoms with van der Waals surface area (Å²) in [6.07, 6.45) is 1.60. The Morgan fingerprint density at radius 1 is 1.23 bits per heavy atom. The molecule has 9 heteroatoms. The van der Waals surface area contributed by atoms with E-state index in [1.54, 1.807) is 18.4 Å². The van der Waals surface area contributed by atoms with Crippen LogP contribution >= 0.6 is 22.7 Å². The molecule has 0 saturated carbocycles. The predicted octanol–water partition coefficient (Wildman–Crippen LogP) is 4.44. The number of ether oxygens (including phenoxy) is 2. The lowest BCUT2D eigenvalue weighted by Crippen LogP contribution is -2.41. The topological polar surface area (TPSA) is 80.3 Å². The lowest BCUT2D eigenvalue weighted by atomic mass is 10.1. The zero-order chi connectivity index (χ0) is 20.5. The zero-order valence-corrected chi connectivity index (χ0v) is 18.0. The van der Waals surface area contributed by atoms with Gasteiger partial charge in [0.15, 0.2) is 5.69 Å². The van der Waals surface area contributed by atoms with E-state index >= 15 is 0 Å². The number of thiazole rings is 1. The van der Waals surface area contributed by atoms with Crippen LogP contribution in [-0.2, 0) is 0 Å². The predicted molar refractivity (Wildman–Crippen MR) is 118 cm³/mol. The molecule has 5 rings (SSSR count). The Hall–Kier alpha value is -2.91. The first-order valence-corrected chi connectivity index (χ1v) is 11.4. The van der Waals surface area contributed by atoms with Crippen LogP contribution in [0.4, 0.5) is 0 Å². The molecule has 1 saturated heterocycles. The molecule has 1 fully saturated rings. The number of rotatable bonds is 5. The normalized spacial score (nSPS) is 14.9. The van der Waals surface area contributed by atoms with Crippen molar-refractivity contribution < 1.29 is 14.3 Å². The molecular weight excluding hydrogens is 420 g/mol. The van der Waals surface area contributed by atoms with Gasteiger partial charge in [0.1, 0.15) is 11.9 Å². The number of benzene rings is 1. The van der Waals surface area contributed by atoms with Crippen molar-refractivity contribution in [3.8, 4) is 21.5 Å². The molecule has 1 aromatic carbocycles. The molecule has 0 aliphatic carbocycles. The fourth-order valence-corrected chi connectivity index (χ4v) is 5.09. The molecule has 30 heavy (non-hydrogen) atoms. The smallest absolute Gasteiger partial charge is 0.274 e. The quantitative estimate of drug-likeness (QED) is 0.496. The van der Waals surface area contributed by atoms with E-state index in [9.17, 15) is 4.79 Å². The molecular formula is C21H20N4O3S2. The maximum atomic E-state index is 12.8. The maximum Gasteiger partial charge on any atom is 0.274 e. The number of fused-ring (bicyclic) bond motifs is 1. The Morgan fingerprint density at radius 2 is 2.10 bits per heavy atom. The molecule has 0 spiro atoms. The van der Waals surface area contributed by atoms with E-state index in [-0.39, 0.29) is 12.0 Å². The molecule has 1 aliphatic rings. The van der Waals surface area contributed by atoms with Gasteiger partial charge in [0.05, 0.1) is 27.9 Å². The number of thiophene rings is 1. The van der Waals surface area contributed by atoms with Gasteiger partial charge >= 0.3 is 0 Å². The fourth-order valence-electron chi connectivity index (χ4n) is 3.53. The van der Waals surface area contributed by atoms with Gasteiger partial charge in [0.2, 0.25) is 0 Å². The van der Waals surface area contributed by atoms with E-state index in [2.05, 4.69) is 15.2 Å². The highest BCUT2D eigenvalue weighted by atomic mass is 32.1. The van der Waals surface area contributed by atoms with Crippen molar-refractivity contribution in [3.63, 3.8) is 0 Å². The number of aromatic amines is 1. The molecule has 154 valence electrons. The van der Waals surface area contributed by atoms with E-state index in [1.807, 2.05) is 46.7 Å². The summed E-state index contributed by atoms with van der Waals surface area (Å²) in [6, 6.07) is 11.6. The maximum absolute atomic E-state index is 12.8. The van der Waals surface area contributed by atoms with E-state index < -0.39 is 0 Å². The van der Waals surface area contributed by atoms with Crippen molar-refractivity contribution in [3.05, 3.63) is 47.5 Å². The molecule has 0 unspecified atom stereocenters. The Kier molecular flexibility index (Phi) is 5.14. The van der Waals surface area contributed by atoms with Gasteiger partial charge in [-0.05, 0) is 29.6 Å². The molecule has 0 radical (unpaired) electrons. The Balaban J connectivity index is 1.19. The lowest BCUT2D eigenvalue weighted by molar-refractivity contribution is 0.0590. The third-order valence-electron chi connectivity index (χ3n) is 5.16. The van der Waals surface area contributed by atoms with Gasteiger partial charge in [-0.1, -0.05) is 17.4 Å². The van der Waals surface area contributed by atoms with Crippen LogP contribution in [0.15, 0.2) is 41.8 Å². The van der Waals surface area contributed by atoms with Crippen molar-refractivity contribution >= 4 is 38.8 Å². The molecule has 1 amide bonds. The van der Waals surface area contributed by atoms with E-state index in [0.717, 1.165) is 39.4 Å². The average molecular weight is 441 g/mol. The fraction of sp³-hybridized carbons (Fsp3) is 0.286. The van der Waals surface area contributed by atoms with Crippen LogP contribution in [0.3, 0.4) is 0 Å². The highest BCUT2D eigenvalue weighted by Gasteiger charge is 2.27. The monoisotopic (exact) mass is 440 g/mol. The van der Waals surface area contributed by atoms with Gasteiger partial charge in [-0.25, -0.2) is 4.98 Å². The third kappa shape index (κ3) is 3.78. The van der Waals surface area contributed by atoms with Crippen molar-refractivity contribution in [1.82, 2.24) is 20.1 Å².